The summed E-state index contributed by atoms with van der Waals surface area (Å²) in [6, 6.07) is 4.84. The summed E-state index contributed by atoms with van der Waals surface area (Å²) in [7, 11) is 1.48. The molecule has 1 aromatic heterocycles. The van der Waals surface area contributed by atoms with Crippen molar-refractivity contribution in [2.45, 2.75) is 0 Å². The van der Waals surface area contributed by atoms with Crippen LogP contribution in [0.4, 0.5) is 14.7 Å². The molecule has 0 aliphatic carbocycles. The fraction of sp³-hybridized carbons (Fsp3) is 0.214. The van der Waals surface area contributed by atoms with Crippen molar-refractivity contribution >= 4 is 11.9 Å². The third kappa shape index (κ3) is 3.87. The average Bonchev–Trinajstić information content (AvgIpc) is 2.51. The second-order valence-electron chi connectivity index (χ2n) is 4.20. The molecule has 0 bridgehead atoms. The van der Waals surface area contributed by atoms with E-state index in [9.17, 15) is 13.6 Å². The number of hydrogen-bond donors (Lipinski definition) is 2. The van der Waals surface area contributed by atoms with Crippen molar-refractivity contribution in [1.29, 1.82) is 0 Å². The zero-order chi connectivity index (χ0) is 15.9. The molecule has 1 aromatic carbocycles. The van der Waals surface area contributed by atoms with Crippen molar-refractivity contribution in [3.8, 4) is 5.88 Å². The Balaban J connectivity index is 1.85. The zero-order valence-corrected chi connectivity index (χ0v) is 11.8. The van der Waals surface area contributed by atoms with Crippen LogP contribution in [-0.2, 0) is 0 Å². The number of aromatic nitrogens is 2. The van der Waals surface area contributed by atoms with Crippen molar-refractivity contribution in [3.05, 3.63) is 47.7 Å². The van der Waals surface area contributed by atoms with Crippen molar-refractivity contribution in [3.63, 3.8) is 0 Å². The maximum absolute atomic E-state index is 13.4. The molecule has 0 saturated carbocycles. The zero-order valence-electron chi connectivity index (χ0n) is 11.8. The second-order valence-corrected chi connectivity index (χ2v) is 4.20. The third-order valence-corrected chi connectivity index (χ3v) is 2.72. The molecule has 0 atom stereocenters. The van der Waals surface area contributed by atoms with E-state index in [4.69, 9.17) is 4.74 Å². The van der Waals surface area contributed by atoms with E-state index in [1.54, 1.807) is 6.07 Å². The van der Waals surface area contributed by atoms with E-state index in [1.165, 1.54) is 19.4 Å². The fourth-order valence-corrected chi connectivity index (χ4v) is 1.69. The number of carbonyl (C=O) groups is 1. The van der Waals surface area contributed by atoms with Gasteiger partial charge in [0.1, 0.15) is 17.2 Å². The summed E-state index contributed by atoms with van der Waals surface area (Å²) in [5, 5.41) is 5.26. The predicted octanol–water partition coefficient (Wildman–Crippen LogP) is 1.61. The van der Waals surface area contributed by atoms with Crippen LogP contribution in [0, 0.1) is 11.6 Å². The van der Waals surface area contributed by atoms with Crippen molar-refractivity contribution in [2.24, 2.45) is 0 Å². The molecule has 1 heterocycles. The Bertz CT molecular complexity index is 647. The molecule has 2 aromatic rings. The lowest BCUT2D eigenvalue weighted by atomic mass is 10.2. The summed E-state index contributed by atoms with van der Waals surface area (Å²) in [5.74, 6) is -1.90. The van der Waals surface area contributed by atoms with Gasteiger partial charge in [-0.25, -0.2) is 13.8 Å². The summed E-state index contributed by atoms with van der Waals surface area (Å²) in [4.78, 5) is 19.7. The molecular weight excluding hydrogens is 294 g/mol. The van der Waals surface area contributed by atoms with Crippen LogP contribution in [0.15, 0.2) is 30.5 Å². The first kappa shape index (κ1) is 15.6. The van der Waals surface area contributed by atoms with Gasteiger partial charge in [0.25, 0.3) is 5.91 Å². The van der Waals surface area contributed by atoms with E-state index in [1.807, 2.05) is 0 Å². The molecule has 0 radical (unpaired) electrons. The van der Waals surface area contributed by atoms with Gasteiger partial charge >= 0.3 is 0 Å². The van der Waals surface area contributed by atoms with Gasteiger partial charge in [0.05, 0.1) is 7.11 Å². The Morgan fingerprint density at radius 1 is 1.23 bits per heavy atom. The molecular formula is C14H14F2N4O2. The van der Waals surface area contributed by atoms with Crippen LogP contribution >= 0.6 is 0 Å². The molecule has 0 aliphatic rings. The van der Waals surface area contributed by atoms with Gasteiger partial charge in [-0.15, -0.1) is 0 Å². The van der Waals surface area contributed by atoms with Gasteiger partial charge in [0, 0.05) is 25.4 Å². The smallest absolute Gasteiger partial charge is 0.257 e. The first-order valence-electron chi connectivity index (χ1n) is 6.45. The van der Waals surface area contributed by atoms with Crippen LogP contribution in [-0.4, -0.2) is 36.1 Å². The first-order chi connectivity index (χ1) is 10.6. The molecule has 6 nitrogen and oxygen atoms in total. The van der Waals surface area contributed by atoms with Crippen molar-refractivity contribution < 1.29 is 18.3 Å². The number of nitrogens with zero attached hydrogens (tertiary/aromatic N) is 2. The van der Waals surface area contributed by atoms with Crippen molar-refractivity contribution in [2.75, 3.05) is 25.5 Å². The summed E-state index contributed by atoms with van der Waals surface area (Å²) >= 11 is 0. The van der Waals surface area contributed by atoms with Gasteiger partial charge in [0.15, 0.2) is 0 Å². The third-order valence-electron chi connectivity index (χ3n) is 2.72. The van der Waals surface area contributed by atoms with Crippen LogP contribution in [0.2, 0.25) is 0 Å². The molecule has 0 saturated heterocycles. The second kappa shape index (κ2) is 7.30. The minimum atomic E-state index is -0.901. The number of benzene rings is 1. The highest BCUT2D eigenvalue weighted by Gasteiger charge is 2.16. The van der Waals surface area contributed by atoms with Crippen LogP contribution in [0.25, 0.3) is 0 Å². The Morgan fingerprint density at radius 3 is 2.64 bits per heavy atom. The van der Waals surface area contributed by atoms with E-state index >= 15 is 0 Å². The van der Waals surface area contributed by atoms with Crippen LogP contribution in [0.5, 0.6) is 5.88 Å². The number of anilines is 1. The Kier molecular flexibility index (Phi) is 5.18. The van der Waals surface area contributed by atoms with Gasteiger partial charge < -0.3 is 15.4 Å². The highest BCUT2D eigenvalue weighted by atomic mass is 19.1. The number of hydrogen-bond acceptors (Lipinski definition) is 5. The molecule has 0 aliphatic heterocycles. The lowest BCUT2D eigenvalue weighted by molar-refractivity contribution is 0.0946. The number of carbonyl (C=O) groups excluding carboxylic acids is 1. The summed E-state index contributed by atoms with van der Waals surface area (Å²) < 4.78 is 31.8. The molecule has 0 spiro atoms. The molecule has 22 heavy (non-hydrogen) atoms. The van der Waals surface area contributed by atoms with Crippen LogP contribution in [0.1, 0.15) is 10.4 Å². The molecule has 0 fully saturated rings. The average molecular weight is 308 g/mol. The van der Waals surface area contributed by atoms with E-state index in [-0.39, 0.29) is 13.1 Å². The SMILES string of the molecule is COc1ccnc(NCCNC(=O)c2c(F)cccc2F)n1. The molecule has 0 unspecified atom stereocenters. The van der Waals surface area contributed by atoms with E-state index < -0.39 is 23.1 Å². The standard InChI is InChI=1S/C14H14F2N4O2/c1-22-11-5-6-18-14(20-11)19-8-7-17-13(21)12-9(15)3-2-4-10(12)16/h2-6H,7-8H2,1H3,(H,17,21)(H,18,19,20). The normalized spacial score (nSPS) is 10.1. The lowest BCUT2D eigenvalue weighted by Gasteiger charge is -2.08. The first-order valence-corrected chi connectivity index (χ1v) is 6.45. The lowest BCUT2D eigenvalue weighted by Crippen LogP contribution is -2.30. The maximum Gasteiger partial charge on any atom is 0.257 e. The largest absolute Gasteiger partial charge is 0.481 e. The van der Waals surface area contributed by atoms with E-state index in [0.717, 1.165) is 12.1 Å². The number of methoxy groups -OCH3 is 1. The fourth-order valence-electron chi connectivity index (χ4n) is 1.69. The number of amides is 1. The van der Waals surface area contributed by atoms with Crippen molar-refractivity contribution in [1.82, 2.24) is 15.3 Å². The Morgan fingerprint density at radius 2 is 1.95 bits per heavy atom. The number of ether oxygens (including phenoxy) is 1. The molecule has 8 heteroatoms. The Labute approximate surface area is 125 Å². The minimum Gasteiger partial charge on any atom is -0.481 e. The molecule has 2 rings (SSSR count). The summed E-state index contributed by atoms with van der Waals surface area (Å²) in [5.41, 5.74) is -0.597. The monoisotopic (exact) mass is 308 g/mol. The highest BCUT2D eigenvalue weighted by molar-refractivity contribution is 5.94. The Hall–Kier alpha value is -2.77. The van der Waals surface area contributed by atoms with E-state index in [2.05, 4.69) is 20.6 Å². The molecule has 2 N–H and O–H groups in total. The maximum atomic E-state index is 13.4. The van der Waals surface area contributed by atoms with Gasteiger partial charge in [-0.05, 0) is 12.1 Å². The number of nitrogens with one attached hydrogen (secondary N) is 2. The van der Waals surface area contributed by atoms with Gasteiger partial charge in [-0.1, -0.05) is 6.07 Å². The number of rotatable bonds is 6. The van der Waals surface area contributed by atoms with Crippen LogP contribution in [0.3, 0.4) is 0 Å². The highest BCUT2D eigenvalue weighted by Crippen LogP contribution is 2.11. The van der Waals surface area contributed by atoms with E-state index in [0.29, 0.717) is 11.8 Å². The van der Waals surface area contributed by atoms with Gasteiger partial charge in [0.2, 0.25) is 11.8 Å². The number of halogens is 2. The topological polar surface area (TPSA) is 76.1 Å². The van der Waals surface area contributed by atoms with Crippen LogP contribution < -0.4 is 15.4 Å². The quantitative estimate of drug-likeness (QED) is 0.793. The minimum absolute atomic E-state index is 0.146. The predicted molar refractivity (Wildman–Crippen MR) is 75.8 cm³/mol. The molecule has 1 amide bonds. The molecule has 116 valence electrons. The van der Waals surface area contributed by atoms with Gasteiger partial charge in [-0.3, -0.25) is 4.79 Å². The summed E-state index contributed by atoms with van der Waals surface area (Å²) in [6.45, 7) is 0.433. The summed E-state index contributed by atoms with van der Waals surface area (Å²) in [6.07, 6.45) is 1.52. The van der Waals surface area contributed by atoms with Gasteiger partial charge in [-0.2, -0.15) is 4.98 Å².